The summed E-state index contributed by atoms with van der Waals surface area (Å²) < 4.78 is 0. The molecular formula is C13H18N4OS. The van der Waals surface area contributed by atoms with E-state index in [1.54, 1.807) is 11.3 Å². The van der Waals surface area contributed by atoms with Crippen LogP contribution in [0.4, 0.5) is 0 Å². The van der Waals surface area contributed by atoms with E-state index in [-0.39, 0.29) is 11.8 Å². The number of amides is 1. The highest BCUT2D eigenvalue weighted by Gasteiger charge is 2.26. The molecule has 0 saturated carbocycles. The highest BCUT2D eigenvalue weighted by molar-refractivity contribution is 7.10. The molecule has 0 aromatic carbocycles. The summed E-state index contributed by atoms with van der Waals surface area (Å²) in [5.41, 5.74) is 9.37. The number of hydrogen-bond donors (Lipinski definition) is 1. The minimum absolute atomic E-state index is 0.0344. The highest BCUT2D eigenvalue weighted by atomic mass is 32.1. The Balaban J connectivity index is 1.77. The molecule has 0 spiro atoms. The lowest BCUT2D eigenvalue weighted by molar-refractivity contribution is -0.122. The average Bonchev–Trinajstić information content (AvgIpc) is 2.90. The normalized spacial score (nSPS) is 17.4. The van der Waals surface area contributed by atoms with Crippen LogP contribution in [0, 0.1) is 0 Å². The van der Waals surface area contributed by atoms with Gasteiger partial charge in [0.05, 0.1) is 5.92 Å². The van der Waals surface area contributed by atoms with Gasteiger partial charge in [-0.05, 0) is 54.6 Å². The fourth-order valence-electron chi connectivity index (χ4n) is 2.45. The Bertz CT molecular complexity index is 479. The number of aryl methyl sites for hydroxylation is 1. The van der Waals surface area contributed by atoms with Crippen LogP contribution in [0.25, 0.3) is 10.4 Å². The van der Waals surface area contributed by atoms with E-state index >= 15 is 0 Å². The molecule has 0 saturated heterocycles. The number of carbonyl (C=O) groups is 1. The molecule has 1 unspecified atom stereocenters. The summed E-state index contributed by atoms with van der Waals surface area (Å²) in [4.78, 5) is 16.2. The average molecular weight is 278 g/mol. The molecule has 0 bridgehead atoms. The van der Waals surface area contributed by atoms with Crippen LogP contribution >= 0.6 is 11.3 Å². The van der Waals surface area contributed by atoms with Gasteiger partial charge in [-0.1, -0.05) is 5.11 Å². The van der Waals surface area contributed by atoms with Crippen LogP contribution in [0.1, 0.15) is 42.0 Å². The Kier molecular flexibility index (Phi) is 5.24. The zero-order valence-electron chi connectivity index (χ0n) is 10.8. The number of fused-ring (bicyclic) bond motifs is 1. The minimum atomic E-state index is 0.0344. The Morgan fingerprint density at radius 1 is 1.58 bits per heavy atom. The van der Waals surface area contributed by atoms with E-state index in [1.165, 1.54) is 10.4 Å². The van der Waals surface area contributed by atoms with E-state index < -0.39 is 0 Å². The standard InChI is InChI=1S/C13H18N4OS/c14-17-16-8-2-1-7-15-13(18)11-4-3-5-12-10(11)6-9-19-12/h6,9,11H,1-5,7-8H2,(H,15,18). The second kappa shape index (κ2) is 7.16. The summed E-state index contributed by atoms with van der Waals surface area (Å²) in [5.74, 6) is 0.176. The van der Waals surface area contributed by atoms with Crippen molar-refractivity contribution in [3.05, 3.63) is 32.3 Å². The van der Waals surface area contributed by atoms with Crippen LogP contribution in [0.2, 0.25) is 0 Å². The first kappa shape index (κ1) is 13.9. The fourth-order valence-corrected chi connectivity index (χ4v) is 3.43. The summed E-state index contributed by atoms with van der Waals surface area (Å²) in [6, 6.07) is 2.09. The molecule has 5 nitrogen and oxygen atoms in total. The van der Waals surface area contributed by atoms with Crippen LogP contribution in [0.15, 0.2) is 16.6 Å². The van der Waals surface area contributed by atoms with Crippen LogP contribution in [-0.2, 0) is 11.2 Å². The number of nitrogens with one attached hydrogen (secondary N) is 1. The highest BCUT2D eigenvalue weighted by Crippen LogP contribution is 2.34. The second-order valence-electron chi connectivity index (χ2n) is 4.70. The molecule has 1 amide bonds. The van der Waals surface area contributed by atoms with Crippen molar-refractivity contribution in [2.45, 2.75) is 38.0 Å². The van der Waals surface area contributed by atoms with Gasteiger partial charge < -0.3 is 5.32 Å². The first-order valence-corrected chi connectivity index (χ1v) is 7.55. The molecule has 0 radical (unpaired) electrons. The van der Waals surface area contributed by atoms with Crippen molar-refractivity contribution in [2.75, 3.05) is 13.1 Å². The Morgan fingerprint density at radius 2 is 2.47 bits per heavy atom. The number of azide groups is 1. The fraction of sp³-hybridized carbons (Fsp3) is 0.615. The van der Waals surface area contributed by atoms with Crippen molar-refractivity contribution in [3.8, 4) is 0 Å². The summed E-state index contributed by atoms with van der Waals surface area (Å²) in [6.07, 6.45) is 4.84. The lowest BCUT2D eigenvalue weighted by Gasteiger charge is -2.21. The maximum Gasteiger partial charge on any atom is 0.227 e. The minimum Gasteiger partial charge on any atom is -0.356 e. The van der Waals surface area contributed by atoms with E-state index in [1.807, 2.05) is 0 Å². The topological polar surface area (TPSA) is 77.9 Å². The molecule has 19 heavy (non-hydrogen) atoms. The largest absolute Gasteiger partial charge is 0.356 e. The van der Waals surface area contributed by atoms with Crippen LogP contribution in [0.5, 0.6) is 0 Å². The smallest absolute Gasteiger partial charge is 0.227 e. The third-order valence-corrected chi connectivity index (χ3v) is 4.41. The molecule has 1 heterocycles. The zero-order chi connectivity index (χ0) is 13.5. The van der Waals surface area contributed by atoms with Crippen LogP contribution < -0.4 is 5.32 Å². The predicted octanol–water partition coefficient (Wildman–Crippen LogP) is 3.37. The molecule has 1 aliphatic carbocycles. The van der Waals surface area contributed by atoms with Crippen LogP contribution in [-0.4, -0.2) is 19.0 Å². The van der Waals surface area contributed by atoms with E-state index in [4.69, 9.17) is 5.53 Å². The van der Waals surface area contributed by atoms with Gasteiger partial charge in [-0.2, -0.15) is 0 Å². The Labute approximate surface area is 116 Å². The Hall–Kier alpha value is -1.52. The number of hydrogen-bond acceptors (Lipinski definition) is 3. The first-order chi connectivity index (χ1) is 9.33. The molecule has 2 rings (SSSR count). The number of carbonyl (C=O) groups excluding carboxylic acids is 1. The lowest BCUT2D eigenvalue weighted by Crippen LogP contribution is -2.31. The van der Waals surface area contributed by atoms with Gasteiger partial charge in [-0.15, -0.1) is 11.3 Å². The van der Waals surface area contributed by atoms with Crippen molar-refractivity contribution < 1.29 is 4.79 Å². The molecule has 6 heteroatoms. The maximum atomic E-state index is 12.2. The van der Waals surface area contributed by atoms with Crippen molar-refractivity contribution in [1.82, 2.24) is 5.32 Å². The molecule has 0 aliphatic heterocycles. The molecule has 1 N–H and O–H groups in total. The van der Waals surface area contributed by atoms with E-state index in [0.717, 1.165) is 32.1 Å². The monoisotopic (exact) mass is 278 g/mol. The molecule has 1 atom stereocenters. The van der Waals surface area contributed by atoms with Gasteiger partial charge in [0.1, 0.15) is 0 Å². The van der Waals surface area contributed by atoms with Gasteiger partial charge >= 0.3 is 0 Å². The molecule has 0 fully saturated rings. The van der Waals surface area contributed by atoms with Crippen LogP contribution in [0.3, 0.4) is 0 Å². The van der Waals surface area contributed by atoms with Gasteiger partial charge in [-0.3, -0.25) is 4.79 Å². The van der Waals surface area contributed by atoms with E-state index in [9.17, 15) is 4.79 Å². The second-order valence-corrected chi connectivity index (χ2v) is 5.70. The lowest BCUT2D eigenvalue weighted by atomic mass is 9.87. The zero-order valence-corrected chi connectivity index (χ0v) is 11.7. The molecule has 1 aromatic heterocycles. The van der Waals surface area contributed by atoms with Gasteiger partial charge in [0.2, 0.25) is 5.91 Å². The quantitative estimate of drug-likeness (QED) is 0.368. The number of nitrogens with zero attached hydrogens (tertiary/aromatic N) is 3. The third kappa shape index (κ3) is 3.72. The van der Waals surface area contributed by atoms with Gasteiger partial charge in [0.15, 0.2) is 0 Å². The number of unbranched alkanes of at least 4 members (excludes halogenated alkanes) is 1. The molecular weight excluding hydrogens is 260 g/mol. The summed E-state index contributed by atoms with van der Waals surface area (Å²) >= 11 is 1.76. The van der Waals surface area contributed by atoms with Gasteiger partial charge in [0.25, 0.3) is 0 Å². The maximum absolute atomic E-state index is 12.2. The van der Waals surface area contributed by atoms with Crippen molar-refractivity contribution in [1.29, 1.82) is 0 Å². The number of thiophene rings is 1. The van der Waals surface area contributed by atoms with E-state index in [0.29, 0.717) is 13.1 Å². The predicted molar refractivity (Wildman–Crippen MR) is 76.3 cm³/mol. The van der Waals surface area contributed by atoms with E-state index in [2.05, 4.69) is 26.8 Å². The number of rotatable bonds is 6. The van der Waals surface area contributed by atoms with Gasteiger partial charge in [-0.25, -0.2) is 0 Å². The third-order valence-electron chi connectivity index (χ3n) is 3.42. The summed E-state index contributed by atoms with van der Waals surface area (Å²) in [7, 11) is 0. The molecule has 1 aliphatic rings. The van der Waals surface area contributed by atoms with Gasteiger partial charge in [0, 0.05) is 22.9 Å². The van der Waals surface area contributed by atoms with Crippen molar-refractivity contribution >= 4 is 17.2 Å². The summed E-state index contributed by atoms with van der Waals surface area (Å²) in [6.45, 7) is 1.17. The Morgan fingerprint density at radius 3 is 3.32 bits per heavy atom. The molecule has 1 aromatic rings. The SMILES string of the molecule is [N-]=[N+]=NCCCCNC(=O)C1CCCc2sccc21. The van der Waals surface area contributed by atoms with Crippen molar-refractivity contribution in [2.24, 2.45) is 5.11 Å². The van der Waals surface area contributed by atoms with Crippen molar-refractivity contribution in [3.63, 3.8) is 0 Å². The first-order valence-electron chi connectivity index (χ1n) is 6.67. The summed E-state index contributed by atoms with van der Waals surface area (Å²) in [5, 5.41) is 8.54. The molecule has 102 valence electrons.